The van der Waals surface area contributed by atoms with Gasteiger partial charge in [-0.2, -0.15) is 0 Å². The van der Waals surface area contributed by atoms with Crippen molar-refractivity contribution < 1.29 is 9.60 Å². The number of hydrogen-bond acceptors (Lipinski definition) is 4. The zero-order valence-corrected chi connectivity index (χ0v) is 22.8. The summed E-state index contributed by atoms with van der Waals surface area (Å²) in [5.41, 5.74) is 6.10. The number of fused-ring (bicyclic) bond motifs is 5. The number of hydrogen-bond donors (Lipinski definition) is 1. The molecule has 2 saturated carbocycles. The third-order valence-corrected chi connectivity index (χ3v) is 8.74. The summed E-state index contributed by atoms with van der Waals surface area (Å²) < 4.78 is 13.8. The first-order valence-electron chi connectivity index (χ1n) is 13.3. The summed E-state index contributed by atoms with van der Waals surface area (Å²) in [5.74, 6) is 1.37. The first-order chi connectivity index (χ1) is 17.3. The van der Waals surface area contributed by atoms with E-state index >= 15 is 0 Å². The van der Waals surface area contributed by atoms with Crippen molar-refractivity contribution in [2.75, 3.05) is 0 Å². The lowest BCUT2D eigenvalue weighted by Crippen LogP contribution is -2.49. The van der Waals surface area contributed by atoms with Crippen LogP contribution in [0.4, 0.5) is 4.39 Å². The summed E-state index contributed by atoms with van der Waals surface area (Å²) in [6, 6.07) is 1.62. The van der Waals surface area contributed by atoms with Crippen molar-refractivity contribution in [3.05, 3.63) is 72.0 Å². The second kappa shape index (κ2) is 11.5. The van der Waals surface area contributed by atoms with Crippen LogP contribution in [0.25, 0.3) is 5.57 Å². The largest absolute Gasteiger partial charge is 0.411 e. The molecule has 0 spiro atoms. The predicted molar refractivity (Wildman–Crippen MR) is 149 cm³/mol. The maximum absolute atomic E-state index is 13.8. The molecule has 2 fully saturated rings. The Morgan fingerprint density at radius 1 is 1.17 bits per heavy atom. The Labute approximate surface area is 216 Å². The van der Waals surface area contributed by atoms with Crippen molar-refractivity contribution in [1.29, 1.82) is 0 Å². The first kappa shape index (κ1) is 27.8. The molecule has 0 saturated heterocycles. The normalized spacial score (nSPS) is 33.5. The fourth-order valence-electron chi connectivity index (χ4n) is 7.14. The topological polar surface area (TPSA) is 57.8 Å². The van der Waals surface area contributed by atoms with Crippen LogP contribution < -0.4 is 0 Å². The maximum Gasteiger partial charge on any atom is 0.142 e. The van der Waals surface area contributed by atoms with Gasteiger partial charge in [0.2, 0.25) is 0 Å². The van der Waals surface area contributed by atoms with Gasteiger partial charge >= 0.3 is 0 Å². The van der Waals surface area contributed by atoms with Crippen LogP contribution in [-0.2, 0) is 0 Å². The molecule has 5 rings (SSSR count). The number of oxime groups is 1. The van der Waals surface area contributed by atoms with E-state index in [0.717, 1.165) is 37.0 Å². The van der Waals surface area contributed by atoms with E-state index in [1.54, 1.807) is 18.5 Å². The van der Waals surface area contributed by atoms with Crippen LogP contribution in [0.1, 0.15) is 79.2 Å². The highest BCUT2D eigenvalue weighted by atomic mass is 19.1. The van der Waals surface area contributed by atoms with E-state index in [9.17, 15) is 9.60 Å². The van der Waals surface area contributed by atoms with Crippen LogP contribution in [0.5, 0.6) is 0 Å². The SMILES string of the molecule is C=CN=CC.CC.CC1CC2C3=CC=C(c4cncc(F)c4)C3(C)CCC2C2(C)CC/C(=N\O)C=C12. The highest BCUT2D eigenvalue weighted by Gasteiger charge is 2.56. The molecule has 1 aromatic rings. The monoisotopic (exact) mass is 491 g/mol. The van der Waals surface area contributed by atoms with Gasteiger partial charge in [0.25, 0.3) is 0 Å². The van der Waals surface area contributed by atoms with Gasteiger partial charge in [-0.05, 0) is 85.5 Å². The highest BCUT2D eigenvalue weighted by molar-refractivity contribution is 5.96. The predicted octanol–water partition coefficient (Wildman–Crippen LogP) is 8.42. The van der Waals surface area contributed by atoms with E-state index in [0.29, 0.717) is 17.8 Å². The zero-order chi connectivity index (χ0) is 26.5. The van der Waals surface area contributed by atoms with Crippen molar-refractivity contribution in [2.24, 2.45) is 38.7 Å². The number of aromatic nitrogens is 1. The average Bonchev–Trinajstić information content (AvgIpc) is 3.23. The summed E-state index contributed by atoms with van der Waals surface area (Å²) in [6.07, 6.45) is 18.3. The Hall–Kier alpha value is -2.82. The van der Waals surface area contributed by atoms with Crippen LogP contribution in [-0.4, -0.2) is 22.1 Å². The van der Waals surface area contributed by atoms with Gasteiger partial charge in [0.1, 0.15) is 5.82 Å². The molecule has 194 valence electrons. The molecule has 0 aromatic carbocycles. The lowest BCUT2D eigenvalue weighted by atomic mass is 9.46. The number of nitrogens with zero attached hydrogens (tertiary/aromatic N) is 3. The lowest BCUT2D eigenvalue weighted by molar-refractivity contribution is 0.0532. The molecule has 1 heterocycles. The highest BCUT2D eigenvalue weighted by Crippen LogP contribution is 2.66. The van der Waals surface area contributed by atoms with E-state index in [1.807, 2.05) is 20.8 Å². The summed E-state index contributed by atoms with van der Waals surface area (Å²) in [7, 11) is 0. The van der Waals surface area contributed by atoms with Crippen molar-refractivity contribution in [3.8, 4) is 0 Å². The standard InChI is InChI=1S/C25H29FN2O.C4H7N.C2H6/c1-15-10-19-21-5-4-20(16-11-17(26)14-27-13-16)24(21,2)9-7-22(19)25(3)8-6-18(28-29)12-23(15)25;1-3-5-4-2;1-2/h4-5,11-15,19,22,29H,6-10H2,1-3H3;3-4H,1H2,2H3;1-2H3/b28-18+;;. The summed E-state index contributed by atoms with van der Waals surface area (Å²) >= 11 is 0. The number of halogens is 1. The van der Waals surface area contributed by atoms with Gasteiger partial charge in [0.15, 0.2) is 0 Å². The molecule has 4 aliphatic rings. The lowest BCUT2D eigenvalue weighted by Gasteiger charge is -2.57. The Morgan fingerprint density at radius 2 is 1.92 bits per heavy atom. The maximum atomic E-state index is 13.8. The van der Waals surface area contributed by atoms with Crippen molar-refractivity contribution >= 4 is 17.5 Å². The summed E-state index contributed by atoms with van der Waals surface area (Å²) in [5, 5.41) is 12.8. The van der Waals surface area contributed by atoms with Crippen molar-refractivity contribution in [3.63, 3.8) is 0 Å². The van der Waals surface area contributed by atoms with Crippen LogP contribution in [0.2, 0.25) is 0 Å². The van der Waals surface area contributed by atoms with Crippen LogP contribution in [0.3, 0.4) is 0 Å². The van der Waals surface area contributed by atoms with E-state index in [4.69, 9.17) is 0 Å². The molecule has 4 aliphatic carbocycles. The molecule has 5 heteroatoms. The summed E-state index contributed by atoms with van der Waals surface area (Å²) in [6.45, 7) is 16.3. The third kappa shape index (κ3) is 4.89. The van der Waals surface area contributed by atoms with E-state index in [2.05, 4.69) is 60.7 Å². The zero-order valence-electron chi connectivity index (χ0n) is 22.8. The Morgan fingerprint density at radius 3 is 2.53 bits per heavy atom. The van der Waals surface area contributed by atoms with Gasteiger partial charge in [-0.3, -0.25) is 9.98 Å². The Bertz CT molecular complexity index is 1110. The Kier molecular flexibility index (Phi) is 8.86. The molecule has 36 heavy (non-hydrogen) atoms. The fourth-order valence-corrected chi connectivity index (χ4v) is 7.14. The van der Waals surface area contributed by atoms with Crippen molar-refractivity contribution in [2.45, 2.75) is 73.6 Å². The fraction of sp³-hybridized carbons (Fsp3) is 0.516. The van der Waals surface area contributed by atoms with Crippen LogP contribution >= 0.6 is 0 Å². The smallest absolute Gasteiger partial charge is 0.142 e. The molecular formula is C31H42FN3O. The number of pyridine rings is 1. The van der Waals surface area contributed by atoms with E-state index < -0.39 is 0 Å². The molecular weight excluding hydrogens is 449 g/mol. The molecule has 0 bridgehead atoms. The molecule has 1 N–H and O–H groups in total. The van der Waals surface area contributed by atoms with Gasteiger partial charge < -0.3 is 5.21 Å². The average molecular weight is 492 g/mol. The van der Waals surface area contributed by atoms with E-state index in [1.165, 1.54) is 35.5 Å². The molecule has 5 atom stereocenters. The van der Waals surface area contributed by atoms with Crippen LogP contribution in [0.15, 0.2) is 70.8 Å². The van der Waals surface area contributed by atoms with Crippen LogP contribution in [0, 0.1) is 34.4 Å². The summed E-state index contributed by atoms with van der Waals surface area (Å²) in [4.78, 5) is 7.70. The second-order valence-electron chi connectivity index (χ2n) is 10.5. The third-order valence-electron chi connectivity index (χ3n) is 8.74. The van der Waals surface area contributed by atoms with Gasteiger partial charge in [0, 0.05) is 24.0 Å². The molecule has 5 unspecified atom stereocenters. The molecule has 0 radical (unpaired) electrons. The Balaban J connectivity index is 0.000000463. The van der Waals surface area contributed by atoms with Gasteiger partial charge in [-0.25, -0.2) is 4.39 Å². The first-order valence-corrected chi connectivity index (χ1v) is 13.3. The second-order valence-corrected chi connectivity index (χ2v) is 10.5. The molecule has 4 nitrogen and oxygen atoms in total. The minimum absolute atomic E-state index is 0.0275. The van der Waals surface area contributed by atoms with Crippen molar-refractivity contribution in [1.82, 2.24) is 4.98 Å². The number of rotatable bonds is 2. The minimum Gasteiger partial charge on any atom is -0.411 e. The molecule has 1 aromatic heterocycles. The van der Waals surface area contributed by atoms with Gasteiger partial charge in [-0.1, -0.05) is 69.7 Å². The van der Waals surface area contributed by atoms with Gasteiger partial charge in [0.05, 0.1) is 11.9 Å². The van der Waals surface area contributed by atoms with Gasteiger partial charge in [-0.15, -0.1) is 0 Å². The van der Waals surface area contributed by atoms with E-state index in [-0.39, 0.29) is 16.6 Å². The minimum atomic E-state index is -0.272. The molecule has 0 amide bonds. The molecule has 0 aliphatic heterocycles. The quantitative estimate of drug-likeness (QED) is 0.256. The number of allylic oxidation sites excluding steroid dienone is 6. The number of aliphatic imine (C=N–C) groups is 1.